The lowest BCUT2D eigenvalue weighted by atomic mass is 9.89. The first-order valence-corrected chi connectivity index (χ1v) is 9.27. The summed E-state index contributed by atoms with van der Waals surface area (Å²) in [6.45, 7) is 3.60. The third-order valence-electron chi connectivity index (χ3n) is 5.35. The minimum Gasteiger partial charge on any atom is -0.468 e. The van der Waals surface area contributed by atoms with E-state index in [9.17, 15) is 9.59 Å². The Bertz CT molecular complexity index is 869. The number of nitrogens with zero attached hydrogens (tertiary/aromatic N) is 3. The Morgan fingerprint density at radius 1 is 1.36 bits per heavy atom. The van der Waals surface area contributed by atoms with Gasteiger partial charge in [0, 0.05) is 18.0 Å². The van der Waals surface area contributed by atoms with E-state index in [0.29, 0.717) is 23.2 Å². The molecule has 3 atom stereocenters. The first-order valence-electron chi connectivity index (χ1n) is 8.90. The van der Waals surface area contributed by atoms with Crippen LogP contribution in [0.1, 0.15) is 36.7 Å². The van der Waals surface area contributed by atoms with Gasteiger partial charge in [-0.3, -0.25) is 14.5 Å². The zero-order chi connectivity index (χ0) is 20.5. The number of amides is 1. The topological polar surface area (TPSA) is 97.6 Å². The summed E-state index contributed by atoms with van der Waals surface area (Å²) in [6.07, 6.45) is 0.318. The van der Waals surface area contributed by atoms with Crippen LogP contribution in [0.15, 0.2) is 28.7 Å². The number of carbonyl (C=O) groups excluding carboxylic acids is 2. The molecule has 1 amide bonds. The first-order chi connectivity index (χ1) is 13.3. The molecule has 2 heterocycles. The van der Waals surface area contributed by atoms with Crippen molar-refractivity contribution < 1.29 is 18.7 Å². The Kier molecular flexibility index (Phi) is 5.71. The average Bonchev–Trinajstić information content (AvgIpc) is 3.22. The average molecular weight is 407 g/mol. The van der Waals surface area contributed by atoms with Crippen LogP contribution in [0.5, 0.6) is 0 Å². The molecule has 150 valence electrons. The number of carbonyl (C=O) groups is 2. The fourth-order valence-electron chi connectivity index (χ4n) is 3.76. The number of esters is 1. The van der Waals surface area contributed by atoms with Crippen LogP contribution in [-0.2, 0) is 20.9 Å². The van der Waals surface area contributed by atoms with Crippen LogP contribution < -0.4 is 5.32 Å². The molecule has 9 heteroatoms. The predicted molar refractivity (Wildman–Crippen MR) is 101 cm³/mol. The quantitative estimate of drug-likeness (QED) is 0.760. The predicted octanol–water partition coefficient (Wildman–Crippen LogP) is 2.27. The molecule has 0 saturated carbocycles. The molecule has 1 aromatic carbocycles. The second-order valence-electron chi connectivity index (χ2n) is 7.12. The van der Waals surface area contributed by atoms with Crippen molar-refractivity contribution in [3.8, 4) is 0 Å². The highest BCUT2D eigenvalue weighted by molar-refractivity contribution is 6.30. The van der Waals surface area contributed by atoms with Gasteiger partial charge >= 0.3 is 5.97 Å². The number of rotatable bonds is 5. The minimum atomic E-state index is -0.928. The molecule has 0 radical (unpaired) electrons. The highest BCUT2D eigenvalue weighted by atomic mass is 35.5. The van der Waals surface area contributed by atoms with E-state index in [1.807, 2.05) is 24.1 Å². The number of hydrogen-bond acceptors (Lipinski definition) is 7. The van der Waals surface area contributed by atoms with Crippen molar-refractivity contribution in [2.75, 3.05) is 14.2 Å². The molecule has 1 saturated heterocycles. The molecule has 0 unspecified atom stereocenters. The molecule has 1 aromatic heterocycles. The fraction of sp³-hybridized carbons (Fsp3) is 0.474. The number of nitrogens with one attached hydrogen (secondary N) is 1. The zero-order valence-corrected chi connectivity index (χ0v) is 17.0. The van der Waals surface area contributed by atoms with Gasteiger partial charge in [-0.2, -0.15) is 0 Å². The summed E-state index contributed by atoms with van der Waals surface area (Å²) in [7, 11) is 3.18. The van der Waals surface area contributed by atoms with Crippen LogP contribution in [0.25, 0.3) is 0 Å². The number of ether oxygens (including phenoxy) is 1. The number of aromatic nitrogens is 2. The second-order valence-corrected chi connectivity index (χ2v) is 7.55. The third kappa shape index (κ3) is 3.74. The summed E-state index contributed by atoms with van der Waals surface area (Å²) >= 11 is 6.01. The maximum atomic E-state index is 13.0. The Morgan fingerprint density at radius 3 is 2.61 bits per heavy atom. The summed E-state index contributed by atoms with van der Waals surface area (Å²) in [5.41, 5.74) is -0.0319. The largest absolute Gasteiger partial charge is 0.468 e. The molecule has 0 spiro atoms. The Morgan fingerprint density at radius 2 is 2.04 bits per heavy atom. The molecule has 0 bridgehead atoms. The number of hydrogen-bond donors (Lipinski definition) is 1. The summed E-state index contributed by atoms with van der Waals surface area (Å²) in [5.74, 6) is -0.288. The standard InChI is InChI=1S/C19H23ClN4O4/c1-11-22-23-15(28-11)10-21-17(25)14-9-19(2,18(26)27-4)24(3)16(14)12-5-7-13(20)8-6-12/h5-8,14,16H,9-10H2,1-4H3,(H,21,25)/t14-,16-,19-/m1/s1. The van der Waals surface area contributed by atoms with Gasteiger partial charge in [-0.05, 0) is 38.1 Å². The summed E-state index contributed by atoms with van der Waals surface area (Å²) < 4.78 is 10.3. The van der Waals surface area contributed by atoms with Crippen LogP contribution in [0, 0.1) is 12.8 Å². The molecule has 1 aliphatic rings. The zero-order valence-electron chi connectivity index (χ0n) is 16.2. The van der Waals surface area contributed by atoms with Gasteiger partial charge in [0.15, 0.2) is 0 Å². The Hall–Kier alpha value is -2.45. The molecule has 2 aromatic rings. The molecule has 8 nitrogen and oxygen atoms in total. The van der Waals surface area contributed by atoms with E-state index in [4.69, 9.17) is 20.8 Å². The molecule has 3 rings (SSSR count). The van der Waals surface area contributed by atoms with Gasteiger partial charge in [-0.1, -0.05) is 23.7 Å². The normalized spacial score (nSPS) is 24.9. The third-order valence-corrected chi connectivity index (χ3v) is 5.60. The number of likely N-dealkylation sites (N-methyl/N-ethyl adjacent to an activating group) is 1. The van der Waals surface area contributed by atoms with Gasteiger partial charge in [-0.15, -0.1) is 10.2 Å². The number of methoxy groups -OCH3 is 1. The molecular weight excluding hydrogens is 384 g/mol. The van der Waals surface area contributed by atoms with Crippen molar-refractivity contribution in [2.45, 2.75) is 38.4 Å². The van der Waals surface area contributed by atoms with Crippen LogP contribution in [-0.4, -0.2) is 46.7 Å². The van der Waals surface area contributed by atoms with Crippen molar-refractivity contribution in [3.63, 3.8) is 0 Å². The molecule has 28 heavy (non-hydrogen) atoms. The van der Waals surface area contributed by atoms with E-state index in [2.05, 4.69) is 15.5 Å². The van der Waals surface area contributed by atoms with Gasteiger partial charge in [-0.25, -0.2) is 0 Å². The highest BCUT2D eigenvalue weighted by Gasteiger charge is 2.54. The number of halogens is 1. The lowest BCUT2D eigenvalue weighted by molar-refractivity contribution is -0.152. The van der Waals surface area contributed by atoms with Crippen LogP contribution >= 0.6 is 11.6 Å². The van der Waals surface area contributed by atoms with Crippen molar-refractivity contribution in [3.05, 3.63) is 46.6 Å². The van der Waals surface area contributed by atoms with E-state index in [1.165, 1.54) is 7.11 Å². The molecular formula is C19H23ClN4O4. The number of benzene rings is 1. The van der Waals surface area contributed by atoms with Crippen LogP contribution in [0.3, 0.4) is 0 Å². The summed E-state index contributed by atoms with van der Waals surface area (Å²) in [4.78, 5) is 27.4. The molecule has 0 aliphatic carbocycles. The number of aryl methyl sites for hydroxylation is 1. The highest BCUT2D eigenvalue weighted by Crippen LogP contribution is 2.46. The van der Waals surface area contributed by atoms with Gasteiger partial charge in [0.25, 0.3) is 0 Å². The van der Waals surface area contributed by atoms with Gasteiger partial charge in [0.1, 0.15) is 5.54 Å². The first kappa shape index (κ1) is 20.3. The Balaban J connectivity index is 1.87. The maximum absolute atomic E-state index is 13.0. The monoisotopic (exact) mass is 406 g/mol. The van der Waals surface area contributed by atoms with Crippen molar-refractivity contribution in [1.29, 1.82) is 0 Å². The SMILES string of the molecule is COC(=O)[C@@]1(C)C[C@@H](C(=O)NCc2nnc(C)o2)[C@@H](c2ccc(Cl)cc2)N1C. The van der Waals surface area contributed by atoms with Gasteiger partial charge < -0.3 is 14.5 Å². The smallest absolute Gasteiger partial charge is 0.326 e. The van der Waals surface area contributed by atoms with Crippen molar-refractivity contribution in [1.82, 2.24) is 20.4 Å². The second kappa shape index (κ2) is 7.89. The minimum absolute atomic E-state index is 0.127. The molecule has 1 fully saturated rings. The molecule has 1 aliphatic heterocycles. The van der Waals surface area contributed by atoms with Crippen LogP contribution in [0.2, 0.25) is 5.02 Å². The van der Waals surface area contributed by atoms with E-state index in [-0.39, 0.29) is 24.5 Å². The van der Waals surface area contributed by atoms with Crippen molar-refractivity contribution >= 4 is 23.5 Å². The number of likely N-dealkylation sites (tertiary alicyclic amines) is 1. The summed E-state index contributed by atoms with van der Waals surface area (Å²) in [6, 6.07) is 6.97. The Labute approximate surface area is 168 Å². The van der Waals surface area contributed by atoms with E-state index in [1.54, 1.807) is 26.0 Å². The molecule has 1 N–H and O–H groups in total. The van der Waals surface area contributed by atoms with E-state index < -0.39 is 11.5 Å². The van der Waals surface area contributed by atoms with Crippen LogP contribution in [0.4, 0.5) is 0 Å². The fourth-order valence-corrected chi connectivity index (χ4v) is 3.89. The lowest BCUT2D eigenvalue weighted by Crippen LogP contribution is -2.47. The maximum Gasteiger partial charge on any atom is 0.326 e. The lowest BCUT2D eigenvalue weighted by Gasteiger charge is -2.33. The van der Waals surface area contributed by atoms with Crippen molar-refractivity contribution in [2.24, 2.45) is 5.92 Å². The van der Waals surface area contributed by atoms with Gasteiger partial charge in [0.2, 0.25) is 17.7 Å². The van der Waals surface area contributed by atoms with E-state index in [0.717, 1.165) is 5.56 Å². The van der Waals surface area contributed by atoms with Gasteiger partial charge in [0.05, 0.1) is 19.6 Å². The summed E-state index contributed by atoms with van der Waals surface area (Å²) in [5, 5.41) is 11.1. The van der Waals surface area contributed by atoms with E-state index >= 15 is 0 Å².